The molecule has 104 valence electrons. The summed E-state index contributed by atoms with van der Waals surface area (Å²) in [5, 5.41) is 6.49. The van der Waals surface area contributed by atoms with Crippen molar-refractivity contribution >= 4 is 11.6 Å². The molecule has 1 aliphatic heterocycles. The molecule has 0 aliphatic carbocycles. The third-order valence-electron chi connectivity index (χ3n) is 3.58. The molecular formula is C16H24N2O. The van der Waals surface area contributed by atoms with Gasteiger partial charge in [0.05, 0.1) is 0 Å². The van der Waals surface area contributed by atoms with Crippen molar-refractivity contribution in [2.45, 2.75) is 51.5 Å². The van der Waals surface area contributed by atoms with E-state index in [4.69, 9.17) is 0 Å². The zero-order valence-corrected chi connectivity index (χ0v) is 12.1. The molecule has 2 N–H and O–H groups in total. The maximum Gasteiger partial charge on any atom is 0.222 e. The van der Waals surface area contributed by atoms with Crippen LogP contribution >= 0.6 is 0 Å². The van der Waals surface area contributed by atoms with E-state index in [0.29, 0.717) is 6.42 Å². The molecule has 1 fully saturated rings. The van der Waals surface area contributed by atoms with E-state index in [2.05, 4.69) is 49.6 Å². The van der Waals surface area contributed by atoms with Crippen molar-refractivity contribution in [3.63, 3.8) is 0 Å². The highest BCUT2D eigenvalue weighted by Gasteiger charge is 2.21. The fraction of sp³-hybridized carbons (Fsp3) is 0.562. The van der Waals surface area contributed by atoms with Gasteiger partial charge in [-0.2, -0.15) is 0 Å². The lowest BCUT2D eigenvalue weighted by atomic mass is 9.85. The van der Waals surface area contributed by atoms with Crippen LogP contribution in [0.5, 0.6) is 0 Å². The maximum atomic E-state index is 11.6. The third kappa shape index (κ3) is 3.72. The van der Waals surface area contributed by atoms with Crippen LogP contribution < -0.4 is 10.6 Å². The Bertz CT molecular complexity index is 448. The van der Waals surface area contributed by atoms with Gasteiger partial charge >= 0.3 is 0 Å². The average molecular weight is 260 g/mol. The Morgan fingerprint density at radius 1 is 1.26 bits per heavy atom. The highest BCUT2D eigenvalue weighted by atomic mass is 16.1. The van der Waals surface area contributed by atoms with Gasteiger partial charge in [0.1, 0.15) is 0 Å². The third-order valence-corrected chi connectivity index (χ3v) is 3.58. The zero-order valence-electron chi connectivity index (χ0n) is 12.1. The molecular weight excluding hydrogens is 236 g/mol. The Morgan fingerprint density at radius 2 is 2.00 bits per heavy atom. The van der Waals surface area contributed by atoms with Gasteiger partial charge in [0, 0.05) is 24.7 Å². The second-order valence-electron chi connectivity index (χ2n) is 6.33. The number of hydrogen-bond acceptors (Lipinski definition) is 2. The van der Waals surface area contributed by atoms with Crippen LogP contribution in [0, 0.1) is 0 Å². The molecule has 0 bridgehead atoms. The number of carbonyl (C=O) groups excluding carboxylic acids is 1. The summed E-state index contributed by atoms with van der Waals surface area (Å²) in [5.74, 6) is 0.156. The maximum absolute atomic E-state index is 11.6. The first-order valence-corrected chi connectivity index (χ1v) is 7.09. The van der Waals surface area contributed by atoms with Gasteiger partial charge in [-0.25, -0.2) is 0 Å². The minimum atomic E-state index is 0.108. The molecule has 0 radical (unpaired) electrons. The topological polar surface area (TPSA) is 41.1 Å². The smallest absolute Gasteiger partial charge is 0.222 e. The van der Waals surface area contributed by atoms with Gasteiger partial charge in [0.25, 0.3) is 0 Å². The summed E-state index contributed by atoms with van der Waals surface area (Å²) >= 11 is 0. The molecule has 1 saturated heterocycles. The Labute approximate surface area is 115 Å². The number of nitrogens with one attached hydrogen (secondary N) is 2. The molecule has 1 atom stereocenters. The van der Waals surface area contributed by atoms with E-state index in [1.807, 2.05) is 6.07 Å². The van der Waals surface area contributed by atoms with E-state index in [-0.39, 0.29) is 17.4 Å². The van der Waals surface area contributed by atoms with Crippen LogP contribution in [-0.4, -0.2) is 18.5 Å². The summed E-state index contributed by atoms with van der Waals surface area (Å²) < 4.78 is 0. The number of rotatable bonds is 2. The van der Waals surface area contributed by atoms with Crippen LogP contribution in [-0.2, 0) is 10.2 Å². The molecule has 2 rings (SSSR count). The van der Waals surface area contributed by atoms with Crippen molar-refractivity contribution in [2.75, 3.05) is 11.9 Å². The van der Waals surface area contributed by atoms with E-state index in [0.717, 1.165) is 25.1 Å². The summed E-state index contributed by atoms with van der Waals surface area (Å²) in [7, 11) is 0. The van der Waals surface area contributed by atoms with E-state index in [1.165, 1.54) is 5.56 Å². The van der Waals surface area contributed by atoms with Crippen molar-refractivity contribution in [1.82, 2.24) is 5.32 Å². The normalized spacial score (nSPS) is 20.6. The zero-order chi connectivity index (χ0) is 13.9. The highest BCUT2D eigenvalue weighted by Crippen LogP contribution is 2.30. The van der Waals surface area contributed by atoms with Crippen molar-refractivity contribution in [2.24, 2.45) is 0 Å². The van der Waals surface area contributed by atoms with Gasteiger partial charge in [-0.15, -0.1) is 0 Å². The van der Waals surface area contributed by atoms with Crippen LogP contribution in [0.25, 0.3) is 0 Å². The predicted octanol–water partition coefficient (Wildman–Crippen LogP) is 3.06. The van der Waals surface area contributed by atoms with Crippen LogP contribution in [0.15, 0.2) is 24.3 Å². The Kier molecular flexibility index (Phi) is 4.13. The number of carbonyl (C=O) groups is 1. The number of amides is 1. The van der Waals surface area contributed by atoms with Gasteiger partial charge in [-0.3, -0.25) is 4.79 Å². The fourth-order valence-electron chi connectivity index (χ4n) is 2.58. The lowest BCUT2D eigenvalue weighted by Crippen LogP contribution is -2.27. The van der Waals surface area contributed by atoms with Crippen LogP contribution in [0.2, 0.25) is 0 Å². The quantitative estimate of drug-likeness (QED) is 0.858. The van der Waals surface area contributed by atoms with Crippen molar-refractivity contribution in [3.8, 4) is 0 Å². The summed E-state index contributed by atoms with van der Waals surface area (Å²) in [6.07, 6.45) is 2.65. The van der Waals surface area contributed by atoms with Crippen molar-refractivity contribution < 1.29 is 4.79 Å². The Balaban J connectivity index is 2.16. The first-order chi connectivity index (χ1) is 8.97. The van der Waals surface area contributed by atoms with Gasteiger partial charge in [-0.1, -0.05) is 39.0 Å². The Morgan fingerprint density at radius 3 is 2.74 bits per heavy atom. The summed E-state index contributed by atoms with van der Waals surface area (Å²) in [6, 6.07) is 8.65. The molecule has 1 heterocycles. The molecule has 1 aromatic rings. The van der Waals surface area contributed by atoms with Crippen LogP contribution in [0.4, 0.5) is 5.69 Å². The molecule has 0 saturated carbocycles. The SMILES string of the molecule is CC(C)(C)c1ccccc1NC1CCCNC(=O)C1. The number of para-hydroxylation sites is 1. The van der Waals surface area contributed by atoms with E-state index >= 15 is 0 Å². The molecule has 0 spiro atoms. The number of benzene rings is 1. The molecule has 1 amide bonds. The summed E-state index contributed by atoms with van der Waals surface area (Å²) in [6.45, 7) is 7.45. The molecule has 1 aromatic carbocycles. The lowest BCUT2D eigenvalue weighted by Gasteiger charge is -2.26. The van der Waals surface area contributed by atoms with Crippen molar-refractivity contribution in [3.05, 3.63) is 29.8 Å². The summed E-state index contributed by atoms with van der Waals surface area (Å²) in [4.78, 5) is 11.6. The standard InChI is InChI=1S/C16H24N2O/c1-16(2,3)13-8-4-5-9-14(13)18-12-7-6-10-17-15(19)11-12/h4-5,8-9,12,18H,6-7,10-11H2,1-3H3,(H,17,19). The lowest BCUT2D eigenvalue weighted by molar-refractivity contribution is -0.120. The molecule has 1 unspecified atom stereocenters. The molecule has 0 aromatic heterocycles. The first-order valence-electron chi connectivity index (χ1n) is 7.09. The van der Waals surface area contributed by atoms with E-state index in [1.54, 1.807) is 0 Å². The fourth-order valence-corrected chi connectivity index (χ4v) is 2.58. The second-order valence-corrected chi connectivity index (χ2v) is 6.33. The molecule has 3 nitrogen and oxygen atoms in total. The van der Waals surface area contributed by atoms with Gasteiger partial charge < -0.3 is 10.6 Å². The van der Waals surface area contributed by atoms with Crippen molar-refractivity contribution in [1.29, 1.82) is 0 Å². The minimum Gasteiger partial charge on any atom is -0.382 e. The van der Waals surface area contributed by atoms with E-state index < -0.39 is 0 Å². The van der Waals surface area contributed by atoms with Crippen LogP contribution in [0.3, 0.4) is 0 Å². The van der Waals surface area contributed by atoms with Gasteiger partial charge in [-0.05, 0) is 29.9 Å². The van der Waals surface area contributed by atoms with Gasteiger partial charge in [0.2, 0.25) is 5.91 Å². The first kappa shape index (κ1) is 13.9. The molecule has 3 heteroatoms. The second kappa shape index (κ2) is 5.64. The average Bonchev–Trinajstić information content (AvgIpc) is 2.53. The summed E-state index contributed by atoms with van der Waals surface area (Å²) in [5.41, 5.74) is 2.57. The molecule has 19 heavy (non-hydrogen) atoms. The highest BCUT2D eigenvalue weighted by molar-refractivity contribution is 5.77. The number of hydrogen-bond donors (Lipinski definition) is 2. The number of anilines is 1. The predicted molar refractivity (Wildman–Crippen MR) is 79.4 cm³/mol. The van der Waals surface area contributed by atoms with Crippen LogP contribution in [0.1, 0.15) is 45.6 Å². The monoisotopic (exact) mass is 260 g/mol. The Hall–Kier alpha value is -1.51. The largest absolute Gasteiger partial charge is 0.382 e. The molecule has 1 aliphatic rings. The van der Waals surface area contributed by atoms with Gasteiger partial charge in [0.15, 0.2) is 0 Å². The minimum absolute atomic E-state index is 0.108. The van der Waals surface area contributed by atoms with E-state index in [9.17, 15) is 4.79 Å².